The van der Waals surface area contributed by atoms with E-state index in [9.17, 15) is 27.6 Å². The molecule has 2 aliphatic heterocycles. The van der Waals surface area contributed by atoms with E-state index in [1.165, 1.54) is 16.2 Å². The minimum Gasteiger partial charge on any atom is -0.465 e. The van der Waals surface area contributed by atoms with Crippen LogP contribution in [0.5, 0.6) is 5.19 Å². The van der Waals surface area contributed by atoms with Crippen molar-refractivity contribution in [2.45, 2.75) is 120 Å². The van der Waals surface area contributed by atoms with Gasteiger partial charge in [-0.25, -0.2) is 18.2 Å². The molecule has 1 saturated heterocycles. The van der Waals surface area contributed by atoms with Gasteiger partial charge in [-0.3, -0.25) is 19.1 Å². The van der Waals surface area contributed by atoms with Gasteiger partial charge in [-0.1, -0.05) is 42.4 Å². The predicted molar refractivity (Wildman–Crippen MR) is 183 cm³/mol. The molecule has 6 rings (SSSR count). The maximum absolute atomic E-state index is 14.3. The minimum absolute atomic E-state index is 0.0386. The molecule has 2 aliphatic carbocycles. The molecule has 1 aromatic heterocycles. The molecular weight excluding hydrogens is 671 g/mol. The van der Waals surface area contributed by atoms with Crippen LogP contribution >= 0.6 is 11.3 Å². The number of aryl methyl sites for hydroxylation is 1. The van der Waals surface area contributed by atoms with Crippen molar-refractivity contribution in [2.75, 3.05) is 6.54 Å². The normalized spacial score (nSPS) is 28.7. The zero-order chi connectivity index (χ0) is 35.1. The fourth-order valence-electron chi connectivity index (χ4n) is 6.50. The fourth-order valence-corrected chi connectivity index (χ4v) is 8.84. The lowest BCUT2D eigenvalue weighted by Crippen LogP contribution is -2.58. The Kier molecular flexibility index (Phi) is 9.70. The zero-order valence-electron chi connectivity index (χ0n) is 28.3. The van der Waals surface area contributed by atoms with Crippen LogP contribution in [0.4, 0.5) is 4.79 Å². The third-order valence-corrected chi connectivity index (χ3v) is 12.1. The molecule has 5 atom stereocenters. The highest BCUT2D eigenvalue weighted by Crippen LogP contribution is 2.46. The first-order valence-electron chi connectivity index (χ1n) is 17.0. The molecule has 3 fully saturated rings. The Bertz CT molecular complexity index is 1760. The van der Waals surface area contributed by atoms with E-state index in [1.807, 2.05) is 37.3 Å². The standard InChI is InChI=1S/C34H45N5O8S2/c1-20-12-15-24-27(16-20)48-32(36-24)46-22-17-26-28(40)37-34(30(42)38-49(44,45)23-13-14-23)18-21(34)10-8-6-5-7-9-11-25(29(41)39(26)19-22)35-31(43)47-33(2,3)4/h8,10,12,15-16,21-23,25-26H,5-7,9,11,13-14,17-19H2,1-4H3,(H,35,43)(H,37,40)(H,38,42)/b10-8-/t21-,22+,25-,26-,34+/m0/s1. The largest absolute Gasteiger partial charge is 0.465 e. The van der Waals surface area contributed by atoms with Gasteiger partial charge in [0.2, 0.25) is 21.8 Å². The number of allylic oxidation sites excluding steroid dienone is 1. The summed E-state index contributed by atoms with van der Waals surface area (Å²) in [6.07, 6.45) is 7.05. The van der Waals surface area contributed by atoms with Crippen LogP contribution in [0.1, 0.15) is 84.1 Å². The molecule has 15 heteroatoms. The lowest BCUT2D eigenvalue weighted by atomic mass is 10.0. The van der Waals surface area contributed by atoms with Gasteiger partial charge in [-0.05, 0) is 83.9 Å². The number of hydrogen-bond acceptors (Lipinski definition) is 10. The van der Waals surface area contributed by atoms with Gasteiger partial charge in [0.05, 0.1) is 22.0 Å². The molecule has 1 aromatic carbocycles. The number of hydrogen-bond donors (Lipinski definition) is 3. The number of ether oxygens (including phenoxy) is 2. The Morgan fingerprint density at radius 1 is 1.12 bits per heavy atom. The highest BCUT2D eigenvalue weighted by molar-refractivity contribution is 7.91. The number of carbonyl (C=O) groups excluding carboxylic acids is 4. The molecule has 0 spiro atoms. The van der Waals surface area contributed by atoms with Crippen LogP contribution in [0, 0.1) is 12.8 Å². The van der Waals surface area contributed by atoms with Crippen LogP contribution in [0.25, 0.3) is 10.2 Å². The molecule has 0 unspecified atom stereocenters. The van der Waals surface area contributed by atoms with Gasteiger partial charge < -0.3 is 25.0 Å². The summed E-state index contributed by atoms with van der Waals surface area (Å²) in [5.74, 6) is -2.24. The number of alkyl carbamates (subject to hydrolysis) is 1. The topological polar surface area (TPSA) is 173 Å². The van der Waals surface area contributed by atoms with Crippen molar-refractivity contribution in [1.29, 1.82) is 0 Å². The molecule has 3 heterocycles. The van der Waals surface area contributed by atoms with Crippen LogP contribution in [0.15, 0.2) is 30.4 Å². The summed E-state index contributed by atoms with van der Waals surface area (Å²) < 4.78 is 40.4. The van der Waals surface area contributed by atoms with E-state index in [0.717, 1.165) is 28.6 Å². The van der Waals surface area contributed by atoms with Crippen molar-refractivity contribution in [3.05, 3.63) is 35.9 Å². The number of amides is 4. The summed E-state index contributed by atoms with van der Waals surface area (Å²) in [7, 11) is -3.86. The second-order valence-electron chi connectivity index (χ2n) is 14.6. The number of benzene rings is 1. The number of fused-ring (bicyclic) bond motifs is 3. The van der Waals surface area contributed by atoms with Crippen LogP contribution in [0.3, 0.4) is 0 Å². The molecule has 13 nitrogen and oxygen atoms in total. The summed E-state index contributed by atoms with van der Waals surface area (Å²) in [5.41, 5.74) is -0.401. The zero-order valence-corrected chi connectivity index (χ0v) is 30.0. The molecule has 3 N–H and O–H groups in total. The first-order valence-corrected chi connectivity index (χ1v) is 19.4. The molecule has 4 amide bonds. The minimum atomic E-state index is -3.86. The summed E-state index contributed by atoms with van der Waals surface area (Å²) in [6.45, 7) is 7.23. The highest BCUT2D eigenvalue weighted by atomic mass is 32.2. The third-order valence-electron chi connectivity index (χ3n) is 9.33. The first-order chi connectivity index (χ1) is 23.1. The quantitative estimate of drug-likeness (QED) is 0.376. The number of rotatable bonds is 6. The maximum Gasteiger partial charge on any atom is 0.408 e. The van der Waals surface area contributed by atoms with E-state index in [2.05, 4.69) is 20.3 Å². The molecule has 266 valence electrons. The van der Waals surface area contributed by atoms with Crippen LogP contribution < -0.4 is 20.1 Å². The summed E-state index contributed by atoms with van der Waals surface area (Å²) in [5, 5.41) is 5.40. The Labute approximate surface area is 290 Å². The van der Waals surface area contributed by atoms with Crippen molar-refractivity contribution in [1.82, 2.24) is 25.2 Å². The lowest BCUT2D eigenvalue weighted by molar-refractivity contribution is -0.141. The summed E-state index contributed by atoms with van der Waals surface area (Å²) in [6, 6.07) is 3.85. The van der Waals surface area contributed by atoms with Crippen LogP contribution in [-0.4, -0.2) is 83.2 Å². The molecule has 2 aromatic rings. The van der Waals surface area contributed by atoms with Gasteiger partial charge in [0.25, 0.3) is 11.1 Å². The average molecular weight is 716 g/mol. The summed E-state index contributed by atoms with van der Waals surface area (Å²) >= 11 is 1.37. The molecule has 4 aliphatic rings. The number of aromatic nitrogens is 1. The van der Waals surface area contributed by atoms with Crippen molar-refractivity contribution < 1.29 is 37.1 Å². The van der Waals surface area contributed by atoms with Gasteiger partial charge in [0.1, 0.15) is 29.3 Å². The van der Waals surface area contributed by atoms with Crippen molar-refractivity contribution in [3.63, 3.8) is 0 Å². The Morgan fingerprint density at radius 3 is 2.63 bits per heavy atom. The summed E-state index contributed by atoms with van der Waals surface area (Å²) in [4.78, 5) is 61.0. The Hall–Kier alpha value is -3.72. The Balaban J connectivity index is 1.28. The molecule has 0 radical (unpaired) electrons. The second-order valence-corrected chi connectivity index (χ2v) is 17.6. The van der Waals surface area contributed by atoms with Crippen molar-refractivity contribution >= 4 is 55.4 Å². The highest BCUT2D eigenvalue weighted by Gasteiger charge is 2.62. The second kappa shape index (κ2) is 13.5. The van der Waals surface area contributed by atoms with Gasteiger partial charge in [0, 0.05) is 12.3 Å². The predicted octanol–water partition coefficient (Wildman–Crippen LogP) is 3.85. The lowest BCUT2D eigenvalue weighted by Gasteiger charge is -2.30. The number of thiazole rings is 1. The van der Waals surface area contributed by atoms with E-state index >= 15 is 0 Å². The number of nitrogens with zero attached hydrogens (tertiary/aromatic N) is 2. The van der Waals surface area contributed by atoms with E-state index < -0.39 is 74.3 Å². The maximum atomic E-state index is 14.3. The monoisotopic (exact) mass is 715 g/mol. The van der Waals surface area contributed by atoms with Gasteiger partial charge in [-0.2, -0.15) is 0 Å². The SMILES string of the molecule is Cc1ccc2nc(O[C@@H]3C[C@H]4C(=O)N[C@]5(C(=O)NS(=O)(=O)C6CC6)C[C@@H]5/C=C\CCCCC[C@H](NC(=O)OC(C)(C)C)C(=O)N4C3)sc2c1. The van der Waals surface area contributed by atoms with Crippen molar-refractivity contribution in [3.8, 4) is 5.19 Å². The van der Waals surface area contributed by atoms with Gasteiger partial charge >= 0.3 is 6.09 Å². The molecular formula is C34H45N5O8S2. The van der Waals surface area contributed by atoms with E-state index in [-0.39, 0.29) is 19.4 Å². The molecule has 2 saturated carbocycles. The number of carbonyl (C=O) groups is 4. The van der Waals surface area contributed by atoms with Crippen LogP contribution in [-0.2, 0) is 29.1 Å². The van der Waals surface area contributed by atoms with E-state index in [1.54, 1.807) is 20.8 Å². The van der Waals surface area contributed by atoms with E-state index in [4.69, 9.17) is 9.47 Å². The molecule has 0 bridgehead atoms. The fraction of sp³-hybridized carbons (Fsp3) is 0.618. The molecule has 49 heavy (non-hydrogen) atoms. The number of nitrogens with one attached hydrogen (secondary N) is 3. The Morgan fingerprint density at radius 2 is 1.90 bits per heavy atom. The van der Waals surface area contributed by atoms with Gasteiger partial charge in [-0.15, -0.1) is 0 Å². The van der Waals surface area contributed by atoms with Crippen LogP contribution in [0.2, 0.25) is 0 Å². The smallest absolute Gasteiger partial charge is 0.408 e. The average Bonchev–Trinajstić information content (AvgIpc) is 3.90. The van der Waals surface area contributed by atoms with Crippen molar-refractivity contribution in [2.24, 2.45) is 5.92 Å². The van der Waals surface area contributed by atoms with E-state index in [0.29, 0.717) is 37.3 Å². The van der Waals surface area contributed by atoms with Gasteiger partial charge in [0.15, 0.2) is 0 Å². The third kappa shape index (κ3) is 8.19. The number of sulfonamides is 1. The first kappa shape index (κ1) is 35.1.